The van der Waals surface area contributed by atoms with Crippen LogP contribution in [0.15, 0.2) is 35.5 Å². The lowest BCUT2D eigenvalue weighted by atomic mass is 10.2. The molecule has 1 amide bonds. The minimum absolute atomic E-state index is 0.0880. The molecule has 16 heavy (non-hydrogen) atoms. The Morgan fingerprint density at radius 3 is 2.44 bits per heavy atom. The highest BCUT2D eigenvalue weighted by atomic mass is 35.5. The molecule has 1 rings (SSSR count). The van der Waals surface area contributed by atoms with Gasteiger partial charge in [-0.1, -0.05) is 11.6 Å². The Balaban J connectivity index is 2.93. The predicted molar refractivity (Wildman–Crippen MR) is 62.6 cm³/mol. The number of benzene rings is 1. The molecule has 4 nitrogen and oxygen atoms in total. The third-order valence-corrected chi connectivity index (χ3v) is 2.16. The molecule has 0 aliphatic carbocycles. The number of anilines is 1. The molecule has 0 bridgehead atoms. The number of primary amides is 1. The predicted octanol–water partition coefficient (Wildman–Crippen LogP) is 2.03. The molecule has 0 aliphatic rings. The SMILES string of the molecule is CC(Nc1ccc(Cl)cc1)=C(C#N)C(N)=O. The summed E-state index contributed by atoms with van der Waals surface area (Å²) in [5, 5.41) is 12.2. The first-order valence-electron chi connectivity index (χ1n) is 4.48. The number of allylic oxidation sites excluding steroid dienone is 1. The average Bonchev–Trinajstić information content (AvgIpc) is 2.22. The second kappa shape index (κ2) is 5.19. The standard InChI is InChI=1S/C11H10ClN3O/c1-7(10(6-13)11(14)16)15-9-4-2-8(12)3-5-9/h2-5,15H,1H3,(H2,14,16). The number of amides is 1. The fraction of sp³-hybridized carbons (Fsp3) is 0.0909. The van der Waals surface area contributed by atoms with Crippen LogP contribution in [0.4, 0.5) is 5.69 Å². The zero-order chi connectivity index (χ0) is 12.1. The summed E-state index contributed by atoms with van der Waals surface area (Å²) < 4.78 is 0. The van der Waals surface area contributed by atoms with E-state index >= 15 is 0 Å². The van der Waals surface area contributed by atoms with Gasteiger partial charge >= 0.3 is 0 Å². The summed E-state index contributed by atoms with van der Waals surface area (Å²) in [6.45, 7) is 1.61. The zero-order valence-electron chi connectivity index (χ0n) is 8.62. The van der Waals surface area contributed by atoms with Gasteiger partial charge in [-0.15, -0.1) is 0 Å². The molecule has 0 atom stereocenters. The molecule has 0 saturated heterocycles. The number of nitriles is 1. The van der Waals surface area contributed by atoms with Crippen molar-refractivity contribution in [1.29, 1.82) is 5.26 Å². The van der Waals surface area contributed by atoms with Crippen LogP contribution in [0, 0.1) is 11.3 Å². The van der Waals surface area contributed by atoms with Crippen molar-refractivity contribution in [2.45, 2.75) is 6.92 Å². The van der Waals surface area contributed by atoms with Gasteiger partial charge < -0.3 is 11.1 Å². The molecule has 0 aromatic heterocycles. The van der Waals surface area contributed by atoms with Gasteiger partial charge in [0.05, 0.1) is 0 Å². The number of nitrogens with two attached hydrogens (primary N) is 1. The number of hydrogen-bond acceptors (Lipinski definition) is 3. The summed E-state index contributed by atoms with van der Waals surface area (Å²) in [6.07, 6.45) is 0. The van der Waals surface area contributed by atoms with Crippen molar-refractivity contribution in [2.75, 3.05) is 5.32 Å². The molecule has 1 aromatic rings. The molecule has 0 fully saturated rings. The van der Waals surface area contributed by atoms with Crippen LogP contribution in [0.25, 0.3) is 0 Å². The van der Waals surface area contributed by atoms with E-state index in [1.807, 2.05) is 0 Å². The van der Waals surface area contributed by atoms with Crippen molar-refractivity contribution in [3.05, 3.63) is 40.6 Å². The quantitative estimate of drug-likeness (QED) is 0.622. The van der Waals surface area contributed by atoms with Crippen LogP contribution in [-0.4, -0.2) is 5.91 Å². The Bertz CT molecular complexity index is 471. The van der Waals surface area contributed by atoms with Gasteiger partial charge in [-0.25, -0.2) is 0 Å². The first kappa shape index (κ1) is 12.1. The van der Waals surface area contributed by atoms with E-state index in [-0.39, 0.29) is 5.57 Å². The van der Waals surface area contributed by atoms with E-state index in [4.69, 9.17) is 22.6 Å². The summed E-state index contributed by atoms with van der Waals surface area (Å²) in [6, 6.07) is 8.63. The van der Waals surface area contributed by atoms with Gasteiger partial charge in [0, 0.05) is 16.4 Å². The number of halogens is 1. The second-order valence-corrected chi connectivity index (χ2v) is 3.54. The van der Waals surface area contributed by atoms with Gasteiger partial charge in [-0.2, -0.15) is 5.26 Å². The van der Waals surface area contributed by atoms with Crippen molar-refractivity contribution in [3.8, 4) is 6.07 Å². The largest absolute Gasteiger partial charge is 0.365 e. The molecule has 5 heteroatoms. The topological polar surface area (TPSA) is 78.9 Å². The summed E-state index contributed by atoms with van der Waals surface area (Å²) in [5.41, 5.74) is 6.10. The highest BCUT2D eigenvalue weighted by molar-refractivity contribution is 6.30. The van der Waals surface area contributed by atoms with E-state index in [9.17, 15) is 4.79 Å². The minimum atomic E-state index is -0.749. The minimum Gasteiger partial charge on any atom is -0.365 e. The molecule has 82 valence electrons. The Morgan fingerprint density at radius 2 is 2.00 bits per heavy atom. The van der Waals surface area contributed by atoms with Gasteiger partial charge in [0.1, 0.15) is 11.6 Å². The van der Waals surface area contributed by atoms with E-state index in [1.165, 1.54) is 0 Å². The molecule has 0 radical (unpaired) electrons. The number of hydrogen-bond donors (Lipinski definition) is 2. The Morgan fingerprint density at radius 1 is 1.44 bits per heavy atom. The maximum Gasteiger partial charge on any atom is 0.261 e. The van der Waals surface area contributed by atoms with Crippen LogP contribution in [0.3, 0.4) is 0 Å². The van der Waals surface area contributed by atoms with Crippen LogP contribution in [0.1, 0.15) is 6.92 Å². The molecule has 0 aliphatic heterocycles. The second-order valence-electron chi connectivity index (χ2n) is 3.11. The average molecular weight is 236 g/mol. The smallest absolute Gasteiger partial charge is 0.261 e. The summed E-state index contributed by atoms with van der Waals surface area (Å²) in [4.78, 5) is 10.9. The van der Waals surface area contributed by atoms with E-state index < -0.39 is 5.91 Å². The maximum absolute atomic E-state index is 10.9. The first-order chi connectivity index (χ1) is 7.54. The van der Waals surface area contributed by atoms with Crippen LogP contribution < -0.4 is 11.1 Å². The molecule has 0 spiro atoms. The summed E-state index contributed by atoms with van der Waals surface area (Å²) in [7, 11) is 0. The maximum atomic E-state index is 10.9. The zero-order valence-corrected chi connectivity index (χ0v) is 9.38. The normalized spacial score (nSPS) is 11.3. The summed E-state index contributed by atoms with van der Waals surface area (Å²) >= 11 is 5.72. The van der Waals surface area contributed by atoms with Gasteiger partial charge in [0.15, 0.2) is 0 Å². The van der Waals surface area contributed by atoms with Crippen molar-refractivity contribution in [2.24, 2.45) is 5.73 Å². The van der Waals surface area contributed by atoms with Crippen molar-refractivity contribution in [1.82, 2.24) is 0 Å². The fourth-order valence-corrected chi connectivity index (χ4v) is 1.26. The summed E-state index contributed by atoms with van der Waals surface area (Å²) in [5.74, 6) is -0.749. The lowest BCUT2D eigenvalue weighted by molar-refractivity contribution is -0.114. The van der Waals surface area contributed by atoms with Crippen LogP contribution in [0.5, 0.6) is 0 Å². The number of carbonyl (C=O) groups excluding carboxylic acids is 1. The first-order valence-corrected chi connectivity index (χ1v) is 4.85. The van der Waals surface area contributed by atoms with E-state index in [0.29, 0.717) is 10.7 Å². The third kappa shape index (κ3) is 3.01. The fourth-order valence-electron chi connectivity index (χ4n) is 1.14. The highest BCUT2D eigenvalue weighted by Gasteiger charge is 2.08. The van der Waals surface area contributed by atoms with Gasteiger partial charge in [0.25, 0.3) is 5.91 Å². The number of nitrogens with one attached hydrogen (secondary N) is 1. The van der Waals surface area contributed by atoms with Crippen molar-refractivity contribution >= 4 is 23.2 Å². The Hall–Kier alpha value is -1.99. The number of carbonyl (C=O) groups is 1. The van der Waals surface area contributed by atoms with Gasteiger partial charge in [-0.3, -0.25) is 4.79 Å². The Labute approximate surface area is 98.3 Å². The van der Waals surface area contributed by atoms with E-state index in [0.717, 1.165) is 5.69 Å². The van der Waals surface area contributed by atoms with Gasteiger partial charge in [0.2, 0.25) is 0 Å². The monoisotopic (exact) mass is 235 g/mol. The lowest BCUT2D eigenvalue weighted by Crippen LogP contribution is -2.16. The molecule has 0 unspecified atom stereocenters. The molecule has 0 heterocycles. The third-order valence-electron chi connectivity index (χ3n) is 1.91. The lowest BCUT2D eigenvalue weighted by Gasteiger charge is -2.07. The molecular weight excluding hydrogens is 226 g/mol. The van der Waals surface area contributed by atoms with E-state index in [1.54, 1.807) is 37.3 Å². The van der Waals surface area contributed by atoms with Crippen molar-refractivity contribution in [3.63, 3.8) is 0 Å². The molecule has 3 N–H and O–H groups in total. The van der Waals surface area contributed by atoms with Crippen LogP contribution in [-0.2, 0) is 4.79 Å². The molecule has 1 aromatic carbocycles. The van der Waals surface area contributed by atoms with Crippen LogP contribution in [0.2, 0.25) is 5.02 Å². The molecule has 0 saturated carbocycles. The number of rotatable bonds is 3. The number of nitrogens with zero attached hydrogens (tertiary/aromatic N) is 1. The van der Waals surface area contributed by atoms with Crippen LogP contribution >= 0.6 is 11.6 Å². The molecular formula is C11H10ClN3O. The highest BCUT2D eigenvalue weighted by Crippen LogP contribution is 2.16. The Kier molecular flexibility index (Phi) is 3.92. The van der Waals surface area contributed by atoms with E-state index in [2.05, 4.69) is 5.32 Å². The van der Waals surface area contributed by atoms with Crippen molar-refractivity contribution < 1.29 is 4.79 Å². The van der Waals surface area contributed by atoms with Gasteiger partial charge in [-0.05, 0) is 31.2 Å².